The summed E-state index contributed by atoms with van der Waals surface area (Å²) in [4.78, 5) is 30.3. The number of nitrogens with zero attached hydrogens (tertiary/aromatic N) is 3. The van der Waals surface area contributed by atoms with Crippen LogP contribution in [0.3, 0.4) is 0 Å². The molecule has 136 valence electrons. The number of nitrogens with one attached hydrogen (secondary N) is 1. The number of amides is 1. The first-order valence-corrected chi connectivity index (χ1v) is 8.56. The summed E-state index contributed by atoms with van der Waals surface area (Å²) in [5, 5.41) is 11.4. The van der Waals surface area contributed by atoms with E-state index < -0.39 is 17.8 Å². The topological polar surface area (TPSA) is 85.8 Å². The molecule has 1 aromatic rings. The van der Waals surface area contributed by atoms with Gasteiger partial charge in [-0.1, -0.05) is 0 Å². The van der Waals surface area contributed by atoms with Crippen LogP contribution in [-0.4, -0.2) is 66.6 Å². The molecule has 1 aliphatic carbocycles. The first-order chi connectivity index (χ1) is 12.0. The van der Waals surface area contributed by atoms with Crippen molar-refractivity contribution in [2.75, 3.05) is 44.7 Å². The number of anilines is 1. The number of carboxylic acid groups (broad SMARTS) is 1. The van der Waals surface area contributed by atoms with E-state index in [2.05, 4.69) is 15.2 Å². The number of pyridine rings is 1. The summed E-state index contributed by atoms with van der Waals surface area (Å²) in [6, 6.07) is 3.13. The van der Waals surface area contributed by atoms with Crippen molar-refractivity contribution in [3.8, 4) is 0 Å². The van der Waals surface area contributed by atoms with Crippen LogP contribution in [0.1, 0.15) is 23.3 Å². The van der Waals surface area contributed by atoms with Crippen LogP contribution in [-0.2, 0) is 4.79 Å². The Morgan fingerprint density at radius 3 is 2.52 bits per heavy atom. The lowest BCUT2D eigenvalue weighted by Crippen LogP contribution is -2.49. The van der Waals surface area contributed by atoms with Crippen molar-refractivity contribution in [2.24, 2.45) is 11.8 Å². The van der Waals surface area contributed by atoms with Gasteiger partial charge in [-0.15, -0.1) is 0 Å². The smallest absolute Gasteiger partial charge is 0.306 e. The van der Waals surface area contributed by atoms with Crippen LogP contribution in [0.2, 0.25) is 0 Å². The maximum Gasteiger partial charge on any atom is 0.306 e. The van der Waals surface area contributed by atoms with E-state index in [1.165, 1.54) is 13.1 Å². The number of carbonyl (C=O) groups is 2. The van der Waals surface area contributed by atoms with E-state index in [4.69, 9.17) is 5.11 Å². The lowest BCUT2D eigenvalue weighted by atomic mass is 9.74. The summed E-state index contributed by atoms with van der Waals surface area (Å²) >= 11 is 0. The highest BCUT2D eigenvalue weighted by Gasteiger charge is 2.35. The Bertz CT molecular complexity index is 655. The maximum absolute atomic E-state index is 14.2. The first kappa shape index (κ1) is 17.6. The Morgan fingerprint density at radius 2 is 1.96 bits per heavy atom. The van der Waals surface area contributed by atoms with E-state index in [0.29, 0.717) is 24.7 Å². The second-order valence-electron chi connectivity index (χ2n) is 6.75. The number of carboxylic acids is 1. The fourth-order valence-corrected chi connectivity index (χ4v) is 3.54. The molecule has 0 bridgehead atoms. The molecular formula is C17H23FN4O3. The molecule has 0 unspecified atom stereocenters. The van der Waals surface area contributed by atoms with Gasteiger partial charge in [0.2, 0.25) is 5.95 Å². The van der Waals surface area contributed by atoms with E-state index in [9.17, 15) is 14.0 Å². The van der Waals surface area contributed by atoms with Gasteiger partial charge in [0.25, 0.3) is 5.91 Å². The van der Waals surface area contributed by atoms with Crippen LogP contribution in [0.5, 0.6) is 0 Å². The maximum atomic E-state index is 14.2. The van der Waals surface area contributed by atoms with Gasteiger partial charge >= 0.3 is 5.97 Å². The largest absolute Gasteiger partial charge is 0.481 e. The molecule has 8 heteroatoms. The molecule has 25 heavy (non-hydrogen) atoms. The third-order valence-electron chi connectivity index (χ3n) is 5.10. The molecule has 2 N–H and O–H groups in total. The van der Waals surface area contributed by atoms with Gasteiger partial charge in [-0.3, -0.25) is 14.5 Å². The molecule has 7 nitrogen and oxygen atoms in total. The second kappa shape index (κ2) is 7.35. The van der Waals surface area contributed by atoms with Crippen molar-refractivity contribution in [3.63, 3.8) is 0 Å². The molecule has 2 fully saturated rings. The molecule has 0 spiro atoms. The summed E-state index contributed by atoms with van der Waals surface area (Å²) in [5.74, 6) is -1.44. The molecule has 1 amide bonds. The van der Waals surface area contributed by atoms with Gasteiger partial charge in [-0.05, 0) is 30.9 Å². The number of piperazine rings is 1. The fraction of sp³-hybridized carbons (Fsp3) is 0.588. The zero-order chi connectivity index (χ0) is 18.0. The van der Waals surface area contributed by atoms with Crippen molar-refractivity contribution < 1.29 is 19.1 Å². The number of aromatic nitrogens is 1. The zero-order valence-electron chi connectivity index (χ0n) is 14.2. The lowest BCUT2D eigenvalue weighted by Gasteiger charge is -2.41. The third-order valence-corrected chi connectivity index (χ3v) is 5.10. The summed E-state index contributed by atoms with van der Waals surface area (Å²) < 4.78 is 14.2. The van der Waals surface area contributed by atoms with Crippen molar-refractivity contribution in [3.05, 3.63) is 23.8 Å². The average molecular weight is 350 g/mol. The first-order valence-electron chi connectivity index (χ1n) is 8.56. The SMILES string of the molecule is CNC(=O)c1ccc(N2CCN(CC3CC(C(=O)O)C3)CC2)c(F)n1. The summed E-state index contributed by atoms with van der Waals surface area (Å²) in [6.07, 6.45) is 1.52. The Labute approximate surface area is 145 Å². The predicted octanol–water partition coefficient (Wildman–Crippen LogP) is 0.813. The van der Waals surface area contributed by atoms with E-state index in [-0.39, 0.29) is 11.6 Å². The zero-order valence-corrected chi connectivity index (χ0v) is 14.2. The second-order valence-corrected chi connectivity index (χ2v) is 6.75. The van der Waals surface area contributed by atoms with Crippen LogP contribution in [0.15, 0.2) is 12.1 Å². The molecule has 2 heterocycles. The number of hydrogen-bond acceptors (Lipinski definition) is 5. The highest BCUT2D eigenvalue weighted by atomic mass is 19.1. The Morgan fingerprint density at radius 1 is 1.28 bits per heavy atom. The minimum Gasteiger partial charge on any atom is -0.481 e. The molecule has 1 aliphatic heterocycles. The third kappa shape index (κ3) is 3.89. The van der Waals surface area contributed by atoms with E-state index in [1.54, 1.807) is 6.07 Å². The number of carbonyl (C=O) groups excluding carboxylic acids is 1. The van der Waals surface area contributed by atoms with Crippen LogP contribution >= 0.6 is 0 Å². The molecule has 1 aromatic heterocycles. The summed E-state index contributed by atoms with van der Waals surface area (Å²) in [5.41, 5.74) is 0.488. The van der Waals surface area contributed by atoms with Crippen LogP contribution in [0.4, 0.5) is 10.1 Å². The molecule has 2 aliphatic rings. The minimum absolute atomic E-state index is 0.0698. The number of rotatable bonds is 5. The van der Waals surface area contributed by atoms with E-state index >= 15 is 0 Å². The number of hydrogen-bond donors (Lipinski definition) is 2. The predicted molar refractivity (Wildman–Crippen MR) is 90.1 cm³/mol. The molecule has 1 saturated carbocycles. The van der Waals surface area contributed by atoms with E-state index in [0.717, 1.165) is 32.5 Å². The van der Waals surface area contributed by atoms with Gasteiger partial charge in [0.15, 0.2) is 0 Å². The van der Waals surface area contributed by atoms with Gasteiger partial charge in [0, 0.05) is 39.8 Å². The van der Waals surface area contributed by atoms with E-state index in [1.807, 2.05) is 4.90 Å². The van der Waals surface area contributed by atoms with Gasteiger partial charge in [0.05, 0.1) is 11.6 Å². The standard InChI is InChI=1S/C17H23FN4O3/c1-19-16(23)13-2-3-14(15(18)20-13)22-6-4-21(5-7-22)10-11-8-12(9-11)17(24)25/h2-3,11-12H,4-10H2,1H3,(H,19,23)(H,24,25). The number of aliphatic carboxylic acids is 1. The van der Waals surface area contributed by atoms with Crippen molar-refractivity contribution in [1.82, 2.24) is 15.2 Å². The summed E-state index contributed by atoms with van der Waals surface area (Å²) in [7, 11) is 1.48. The van der Waals surface area contributed by atoms with Crippen LogP contribution in [0.25, 0.3) is 0 Å². The van der Waals surface area contributed by atoms with Crippen molar-refractivity contribution in [2.45, 2.75) is 12.8 Å². The molecule has 0 atom stereocenters. The van der Waals surface area contributed by atoms with Crippen LogP contribution < -0.4 is 10.2 Å². The van der Waals surface area contributed by atoms with Crippen molar-refractivity contribution >= 4 is 17.6 Å². The van der Waals surface area contributed by atoms with Gasteiger partial charge < -0.3 is 15.3 Å². The lowest BCUT2D eigenvalue weighted by molar-refractivity contribution is -0.146. The molecule has 1 saturated heterocycles. The quantitative estimate of drug-likeness (QED) is 0.765. The molecule has 0 aromatic carbocycles. The Balaban J connectivity index is 1.51. The molecule has 0 radical (unpaired) electrons. The fourth-order valence-electron chi connectivity index (χ4n) is 3.54. The number of halogens is 1. The average Bonchev–Trinajstić information content (AvgIpc) is 2.57. The normalized spacial score (nSPS) is 23.8. The minimum atomic E-state index is -0.691. The highest BCUT2D eigenvalue weighted by molar-refractivity contribution is 5.92. The highest BCUT2D eigenvalue weighted by Crippen LogP contribution is 2.34. The summed E-state index contributed by atoms with van der Waals surface area (Å²) in [6.45, 7) is 3.91. The Kier molecular flexibility index (Phi) is 5.17. The Hall–Kier alpha value is -2.22. The van der Waals surface area contributed by atoms with Gasteiger partial charge in [-0.25, -0.2) is 4.98 Å². The molecule has 3 rings (SSSR count). The molecular weight excluding hydrogens is 327 g/mol. The van der Waals surface area contributed by atoms with Gasteiger partial charge in [-0.2, -0.15) is 4.39 Å². The van der Waals surface area contributed by atoms with Crippen molar-refractivity contribution in [1.29, 1.82) is 0 Å². The van der Waals surface area contributed by atoms with Crippen LogP contribution in [0, 0.1) is 17.8 Å². The monoisotopic (exact) mass is 350 g/mol. The van der Waals surface area contributed by atoms with Gasteiger partial charge in [0.1, 0.15) is 5.69 Å².